The maximum absolute atomic E-state index is 12.6. The number of aryl methyl sites for hydroxylation is 1. The summed E-state index contributed by atoms with van der Waals surface area (Å²) in [5.74, 6) is 0. The molecule has 2 saturated heterocycles. The van der Waals surface area contributed by atoms with E-state index in [1.165, 1.54) is 18.2 Å². The van der Waals surface area contributed by atoms with Crippen LogP contribution in [0.4, 0.5) is 9.59 Å². The van der Waals surface area contributed by atoms with Crippen molar-refractivity contribution in [3.63, 3.8) is 0 Å². The highest BCUT2D eigenvalue weighted by Gasteiger charge is 2.28. The molecule has 1 N–H and O–H groups in total. The molecular weight excluding hydrogens is 344 g/mol. The van der Waals surface area contributed by atoms with Crippen molar-refractivity contribution in [2.24, 2.45) is 0 Å². The van der Waals surface area contributed by atoms with Gasteiger partial charge in [0.1, 0.15) is 0 Å². The lowest BCUT2D eigenvalue weighted by Gasteiger charge is -2.37. The highest BCUT2D eigenvalue weighted by Crippen LogP contribution is 2.13. The molecule has 2 aliphatic heterocycles. The van der Waals surface area contributed by atoms with Gasteiger partial charge in [-0.25, -0.2) is 9.59 Å². The maximum Gasteiger partial charge on any atom is 0.409 e. The van der Waals surface area contributed by atoms with Crippen molar-refractivity contribution in [3.8, 4) is 0 Å². The van der Waals surface area contributed by atoms with Crippen LogP contribution in [-0.2, 0) is 11.3 Å². The number of nitrogens with zero attached hydrogens (tertiary/aromatic N) is 3. The molecule has 0 aromatic heterocycles. The average Bonchev–Trinajstić information content (AvgIpc) is 2.68. The topological polar surface area (TPSA) is 65.1 Å². The van der Waals surface area contributed by atoms with Crippen molar-refractivity contribution in [1.82, 2.24) is 20.0 Å². The summed E-state index contributed by atoms with van der Waals surface area (Å²) in [7, 11) is 1.39. The third-order valence-electron chi connectivity index (χ3n) is 5.33. The zero-order chi connectivity index (χ0) is 19.2. The summed E-state index contributed by atoms with van der Waals surface area (Å²) in [5, 5.41) is 3.09. The first-order valence-electron chi connectivity index (χ1n) is 9.71. The molecule has 0 bridgehead atoms. The van der Waals surface area contributed by atoms with E-state index in [-0.39, 0.29) is 18.2 Å². The van der Waals surface area contributed by atoms with Crippen molar-refractivity contribution in [2.45, 2.75) is 32.4 Å². The van der Waals surface area contributed by atoms with Gasteiger partial charge in [0.05, 0.1) is 7.11 Å². The average molecular weight is 374 g/mol. The van der Waals surface area contributed by atoms with Gasteiger partial charge >= 0.3 is 12.1 Å². The second-order valence-corrected chi connectivity index (χ2v) is 7.46. The zero-order valence-corrected chi connectivity index (χ0v) is 16.3. The number of amides is 3. The molecule has 1 unspecified atom stereocenters. The number of rotatable bonds is 3. The summed E-state index contributed by atoms with van der Waals surface area (Å²) in [6.07, 6.45) is 1.45. The summed E-state index contributed by atoms with van der Waals surface area (Å²) in [6.45, 7) is 7.45. The number of methoxy groups -OCH3 is 1. The van der Waals surface area contributed by atoms with Crippen molar-refractivity contribution < 1.29 is 14.3 Å². The normalized spacial score (nSPS) is 21.0. The number of benzene rings is 1. The Morgan fingerprint density at radius 1 is 1.15 bits per heavy atom. The number of ether oxygens (including phenoxy) is 1. The molecule has 0 aliphatic carbocycles. The lowest BCUT2D eigenvalue weighted by atomic mass is 10.1. The van der Waals surface area contributed by atoms with Crippen LogP contribution in [0.1, 0.15) is 24.0 Å². The van der Waals surface area contributed by atoms with E-state index >= 15 is 0 Å². The summed E-state index contributed by atoms with van der Waals surface area (Å²) in [6, 6.07) is 8.55. The van der Waals surface area contributed by atoms with Gasteiger partial charge in [-0.2, -0.15) is 0 Å². The van der Waals surface area contributed by atoms with E-state index in [9.17, 15) is 9.59 Å². The van der Waals surface area contributed by atoms with E-state index in [0.717, 1.165) is 45.6 Å². The van der Waals surface area contributed by atoms with Crippen LogP contribution in [0, 0.1) is 6.92 Å². The third kappa shape index (κ3) is 5.35. The number of hydrogen-bond donors (Lipinski definition) is 1. The Hall–Kier alpha value is -2.28. The van der Waals surface area contributed by atoms with Gasteiger partial charge in [0.15, 0.2) is 0 Å². The minimum Gasteiger partial charge on any atom is -0.453 e. The van der Waals surface area contributed by atoms with Crippen LogP contribution >= 0.6 is 0 Å². The SMILES string of the molecule is COC(=O)N1CCCC(NC(=O)N2CCN(Cc3cccc(C)c3)CC2)C1. The van der Waals surface area contributed by atoms with E-state index in [1.807, 2.05) is 4.90 Å². The predicted octanol–water partition coefficient (Wildman–Crippen LogP) is 2.05. The molecule has 1 aromatic carbocycles. The number of piperidine rings is 1. The first-order chi connectivity index (χ1) is 13.0. The Kier molecular flexibility index (Phi) is 6.55. The molecule has 7 nitrogen and oxygen atoms in total. The fraction of sp³-hybridized carbons (Fsp3) is 0.600. The van der Waals surface area contributed by atoms with Gasteiger partial charge in [0.25, 0.3) is 0 Å². The van der Waals surface area contributed by atoms with Crippen LogP contribution in [0.3, 0.4) is 0 Å². The smallest absolute Gasteiger partial charge is 0.409 e. The number of piperazine rings is 1. The minimum atomic E-state index is -0.321. The third-order valence-corrected chi connectivity index (χ3v) is 5.33. The minimum absolute atomic E-state index is 0.00401. The molecule has 0 radical (unpaired) electrons. The number of carbonyl (C=O) groups excluding carboxylic acids is 2. The second-order valence-electron chi connectivity index (χ2n) is 7.46. The van der Waals surface area contributed by atoms with Crippen molar-refractivity contribution in [3.05, 3.63) is 35.4 Å². The molecule has 3 rings (SSSR count). The molecular formula is C20H30N4O3. The van der Waals surface area contributed by atoms with Crippen LogP contribution in [-0.4, -0.2) is 79.2 Å². The highest BCUT2D eigenvalue weighted by molar-refractivity contribution is 5.75. The molecule has 148 valence electrons. The maximum atomic E-state index is 12.6. The molecule has 7 heteroatoms. The van der Waals surface area contributed by atoms with Gasteiger partial charge in [-0.3, -0.25) is 4.90 Å². The van der Waals surface area contributed by atoms with E-state index in [2.05, 4.69) is 41.4 Å². The largest absolute Gasteiger partial charge is 0.453 e. The Balaban J connectivity index is 1.43. The van der Waals surface area contributed by atoms with Gasteiger partial charge in [-0.05, 0) is 25.3 Å². The van der Waals surface area contributed by atoms with E-state index in [4.69, 9.17) is 4.74 Å². The Morgan fingerprint density at radius 2 is 1.93 bits per heavy atom. The summed E-state index contributed by atoms with van der Waals surface area (Å²) >= 11 is 0. The van der Waals surface area contributed by atoms with Gasteiger partial charge in [-0.1, -0.05) is 29.8 Å². The Bertz CT molecular complexity index is 658. The molecule has 2 aliphatic rings. The standard InChI is InChI=1S/C20H30N4O3/c1-16-5-3-6-17(13-16)14-22-9-11-23(12-10-22)19(25)21-18-7-4-8-24(15-18)20(26)27-2/h3,5-6,13,18H,4,7-12,14-15H2,1-2H3,(H,21,25). The van der Waals surface area contributed by atoms with E-state index < -0.39 is 0 Å². The van der Waals surface area contributed by atoms with Crippen LogP contribution in [0.5, 0.6) is 0 Å². The lowest BCUT2D eigenvalue weighted by molar-refractivity contribution is 0.103. The van der Waals surface area contributed by atoms with Crippen molar-refractivity contribution in [2.75, 3.05) is 46.4 Å². The predicted molar refractivity (Wildman–Crippen MR) is 104 cm³/mol. The lowest BCUT2D eigenvalue weighted by Crippen LogP contribution is -2.56. The van der Waals surface area contributed by atoms with Gasteiger partial charge < -0.3 is 19.9 Å². The first-order valence-corrected chi connectivity index (χ1v) is 9.71. The van der Waals surface area contributed by atoms with Crippen LogP contribution in [0.2, 0.25) is 0 Å². The fourth-order valence-corrected chi connectivity index (χ4v) is 3.83. The van der Waals surface area contributed by atoms with Gasteiger partial charge in [-0.15, -0.1) is 0 Å². The van der Waals surface area contributed by atoms with E-state index in [0.29, 0.717) is 13.1 Å². The van der Waals surface area contributed by atoms with Crippen LogP contribution in [0.15, 0.2) is 24.3 Å². The number of urea groups is 1. The second kappa shape index (κ2) is 9.08. The number of nitrogens with one attached hydrogen (secondary N) is 1. The summed E-state index contributed by atoms with van der Waals surface area (Å²) < 4.78 is 4.79. The molecule has 27 heavy (non-hydrogen) atoms. The van der Waals surface area contributed by atoms with Gasteiger partial charge in [0.2, 0.25) is 0 Å². The molecule has 2 heterocycles. The molecule has 1 atom stereocenters. The molecule has 3 amide bonds. The Morgan fingerprint density at radius 3 is 2.63 bits per heavy atom. The van der Waals surface area contributed by atoms with Crippen LogP contribution in [0.25, 0.3) is 0 Å². The fourth-order valence-electron chi connectivity index (χ4n) is 3.83. The highest BCUT2D eigenvalue weighted by atomic mass is 16.5. The summed E-state index contributed by atoms with van der Waals surface area (Å²) in [5.41, 5.74) is 2.59. The zero-order valence-electron chi connectivity index (χ0n) is 16.3. The monoisotopic (exact) mass is 374 g/mol. The summed E-state index contributed by atoms with van der Waals surface area (Å²) in [4.78, 5) is 30.2. The van der Waals surface area contributed by atoms with Gasteiger partial charge in [0, 0.05) is 51.9 Å². The van der Waals surface area contributed by atoms with E-state index in [1.54, 1.807) is 4.90 Å². The quantitative estimate of drug-likeness (QED) is 0.880. The Labute approximate surface area is 161 Å². The molecule has 0 spiro atoms. The van der Waals surface area contributed by atoms with Crippen molar-refractivity contribution in [1.29, 1.82) is 0 Å². The number of carbonyl (C=O) groups is 2. The molecule has 2 fully saturated rings. The molecule has 0 saturated carbocycles. The number of likely N-dealkylation sites (tertiary alicyclic amines) is 1. The van der Waals surface area contributed by atoms with Crippen molar-refractivity contribution >= 4 is 12.1 Å². The van der Waals surface area contributed by atoms with Crippen LogP contribution < -0.4 is 5.32 Å². The first kappa shape index (κ1) is 19.5. The number of hydrogen-bond acceptors (Lipinski definition) is 4. The molecule has 1 aromatic rings.